The first-order chi connectivity index (χ1) is 9.48. The molecule has 4 nitrogen and oxygen atoms in total. The van der Waals surface area contributed by atoms with E-state index in [4.69, 9.17) is 4.74 Å². The largest absolute Gasteiger partial charge is 0.497 e. The van der Waals surface area contributed by atoms with Crippen molar-refractivity contribution in [1.29, 1.82) is 0 Å². The van der Waals surface area contributed by atoms with Crippen LogP contribution >= 0.6 is 0 Å². The summed E-state index contributed by atoms with van der Waals surface area (Å²) in [6.07, 6.45) is 3.04. The standard InChI is InChI=1S/C14H14O4S2/c1-18-14-4-2-12(3-5-14)10-19(15)8-6-13-7-9-20(16,17)11-13/h2-9,11H,10H2,1H3/b8-6+. The van der Waals surface area contributed by atoms with E-state index in [1.54, 1.807) is 13.2 Å². The van der Waals surface area contributed by atoms with E-state index in [-0.39, 0.29) is 0 Å². The molecule has 0 spiro atoms. The summed E-state index contributed by atoms with van der Waals surface area (Å²) in [5.74, 6) is 1.13. The third-order valence-corrected chi connectivity index (χ3v) is 4.80. The summed E-state index contributed by atoms with van der Waals surface area (Å²) in [6, 6.07) is 7.32. The number of rotatable bonds is 5. The van der Waals surface area contributed by atoms with Crippen molar-refractivity contribution in [2.24, 2.45) is 0 Å². The molecule has 0 amide bonds. The molecular weight excluding hydrogens is 296 g/mol. The molecule has 1 atom stereocenters. The zero-order chi connectivity index (χ0) is 14.6. The molecule has 1 heterocycles. The van der Waals surface area contributed by atoms with Crippen LogP contribution in [0.4, 0.5) is 0 Å². The van der Waals surface area contributed by atoms with Gasteiger partial charge in [-0.2, -0.15) is 0 Å². The number of methoxy groups -OCH3 is 1. The van der Waals surface area contributed by atoms with Crippen molar-refractivity contribution in [3.8, 4) is 5.75 Å². The lowest BCUT2D eigenvalue weighted by Gasteiger charge is -2.01. The molecule has 1 aromatic rings. The molecule has 0 saturated heterocycles. The average Bonchev–Trinajstić information content (AvgIpc) is 2.77. The number of hydrogen-bond donors (Lipinski definition) is 0. The minimum atomic E-state index is -3.22. The van der Waals surface area contributed by atoms with Crippen molar-refractivity contribution < 1.29 is 17.4 Å². The Labute approximate surface area is 120 Å². The SMILES string of the molecule is COc1ccc(CS(=O)/C=C/C2=CS(=O)(=O)C=C2)cc1. The van der Waals surface area contributed by atoms with Crippen LogP contribution in [0.2, 0.25) is 0 Å². The van der Waals surface area contributed by atoms with Crippen molar-refractivity contribution in [2.45, 2.75) is 5.75 Å². The molecule has 0 aromatic heterocycles. The first kappa shape index (κ1) is 14.7. The van der Waals surface area contributed by atoms with Gasteiger partial charge >= 0.3 is 0 Å². The fraction of sp³-hybridized carbons (Fsp3) is 0.143. The molecule has 0 N–H and O–H groups in total. The first-order valence-electron chi connectivity index (χ1n) is 5.82. The molecule has 20 heavy (non-hydrogen) atoms. The van der Waals surface area contributed by atoms with Crippen molar-refractivity contribution in [3.63, 3.8) is 0 Å². The number of hydrogen-bond acceptors (Lipinski definition) is 4. The number of sulfone groups is 1. The van der Waals surface area contributed by atoms with Gasteiger partial charge in [0.2, 0.25) is 0 Å². The van der Waals surface area contributed by atoms with Crippen LogP contribution in [0.5, 0.6) is 5.75 Å². The van der Waals surface area contributed by atoms with Gasteiger partial charge in [-0.05, 0) is 35.4 Å². The van der Waals surface area contributed by atoms with Gasteiger partial charge in [-0.1, -0.05) is 12.1 Å². The maximum absolute atomic E-state index is 11.9. The highest BCUT2D eigenvalue weighted by molar-refractivity contribution is 7.97. The molecule has 0 bridgehead atoms. The fourth-order valence-electron chi connectivity index (χ4n) is 1.63. The van der Waals surface area contributed by atoms with Gasteiger partial charge in [0.15, 0.2) is 9.84 Å². The van der Waals surface area contributed by atoms with Crippen LogP contribution in [-0.4, -0.2) is 19.7 Å². The number of allylic oxidation sites excluding steroid dienone is 3. The molecule has 1 unspecified atom stereocenters. The van der Waals surface area contributed by atoms with Gasteiger partial charge in [-0.25, -0.2) is 8.42 Å². The molecule has 106 valence electrons. The Morgan fingerprint density at radius 2 is 1.95 bits per heavy atom. The second-order valence-corrected chi connectivity index (χ2v) is 7.19. The highest BCUT2D eigenvalue weighted by Crippen LogP contribution is 2.16. The molecule has 1 aromatic carbocycles. The predicted octanol–water partition coefficient (Wildman–Crippen LogP) is 2.28. The zero-order valence-electron chi connectivity index (χ0n) is 10.9. The van der Waals surface area contributed by atoms with Gasteiger partial charge in [0.1, 0.15) is 5.75 Å². The van der Waals surface area contributed by atoms with E-state index in [1.165, 1.54) is 11.5 Å². The van der Waals surface area contributed by atoms with Gasteiger partial charge in [0, 0.05) is 16.2 Å². The molecule has 0 radical (unpaired) electrons. The molecule has 1 aliphatic heterocycles. The van der Waals surface area contributed by atoms with Crippen molar-refractivity contribution in [1.82, 2.24) is 0 Å². The smallest absolute Gasteiger partial charge is 0.193 e. The molecule has 2 rings (SSSR count). The molecule has 0 aliphatic carbocycles. The van der Waals surface area contributed by atoms with Crippen molar-refractivity contribution in [3.05, 3.63) is 63.8 Å². The Hall–Kier alpha value is -1.66. The van der Waals surface area contributed by atoms with Crippen LogP contribution < -0.4 is 4.74 Å². The summed E-state index contributed by atoms with van der Waals surface area (Å²) in [4.78, 5) is 0. The van der Waals surface area contributed by atoms with Crippen LogP contribution in [0.15, 0.2) is 58.2 Å². The fourth-order valence-corrected chi connectivity index (χ4v) is 3.51. The van der Waals surface area contributed by atoms with Crippen molar-refractivity contribution >= 4 is 20.6 Å². The van der Waals surface area contributed by atoms with Gasteiger partial charge in [0.25, 0.3) is 0 Å². The van der Waals surface area contributed by atoms with E-state index >= 15 is 0 Å². The Bertz CT molecular complexity index is 695. The molecular formula is C14H14O4S2. The molecule has 1 aliphatic rings. The summed E-state index contributed by atoms with van der Waals surface area (Å²) in [5, 5.41) is 3.77. The molecule has 0 saturated carbocycles. The normalized spacial score (nSPS) is 18.1. The Morgan fingerprint density at radius 1 is 1.25 bits per heavy atom. The monoisotopic (exact) mass is 310 g/mol. The highest BCUT2D eigenvalue weighted by atomic mass is 32.2. The second kappa shape index (κ2) is 6.19. The summed E-state index contributed by atoms with van der Waals surface area (Å²) in [6.45, 7) is 0. The lowest BCUT2D eigenvalue weighted by atomic mass is 10.2. The van der Waals surface area contributed by atoms with Crippen molar-refractivity contribution in [2.75, 3.05) is 7.11 Å². The minimum Gasteiger partial charge on any atom is -0.497 e. The summed E-state index contributed by atoms with van der Waals surface area (Å²) < 4.78 is 39.2. The summed E-state index contributed by atoms with van der Waals surface area (Å²) in [5.41, 5.74) is 1.46. The maximum Gasteiger partial charge on any atom is 0.193 e. The van der Waals surface area contributed by atoms with E-state index in [0.717, 1.165) is 22.1 Å². The third kappa shape index (κ3) is 4.18. The molecule has 0 fully saturated rings. The van der Waals surface area contributed by atoms with Gasteiger partial charge in [0.05, 0.1) is 23.7 Å². The van der Waals surface area contributed by atoms with Crippen LogP contribution in [0.3, 0.4) is 0 Å². The van der Waals surface area contributed by atoms with E-state index in [0.29, 0.717) is 11.3 Å². The highest BCUT2D eigenvalue weighted by Gasteiger charge is 2.08. The lowest BCUT2D eigenvalue weighted by Crippen LogP contribution is -1.92. The Morgan fingerprint density at radius 3 is 2.50 bits per heavy atom. The van der Waals surface area contributed by atoms with Gasteiger partial charge in [-0.15, -0.1) is 0 Å². The zero-order valence-corrected chi connectivity index (χ0v) is 12.5. The van der Waals surface area contributed by atoms with Gasteiger partial charge in [-0.3, -0.25) is 4.21 Å². The topological polar surface area (TPSA) is 60.4 Å². The number of ether oxygens (including phenoxy) is 1. The first-order valence-corrected chi connectivity index (χ1v) is 8.81. The van der Waals surface area contributed by atoms with E-state index in [1.807, 2.05) is 24.3 Å². The summed E-state index contributed by atoms with van der Waals surface area (Å²) in [7, 11) is -2.82. The van der Waals surface area contributed by atoms with Crippen LogP contribution in [0.1, 0.15) is 5.56 Å². The lowest BCUT2D eigenvalue weighted by molar-refractivity contribution is 0.414. The Balaban J connectivity index is 1.97. The van der Waals surface area contributed by atoms with E-state index in [2.05, 4.69) is 0 Å². The van der Waals surface area contributed by atoms with Gasteiger partial charge < -0.3 is 4.74 Å². The second-order valence-electron chi connectivity index (χ2n) is 4.19. The van der Waals surface area contributed by atoms with E-state index in [9.17, 15) is 12.6 Å². The number of benzene rings is 1. The Kier molecular flexibility index (Phi) is 4.57. The predicted molar refractivity (Wildman–Crippen MR) is 80.1 cm³/mol. The quantitative estimate of drug-likeness (QED) is 0.837. The van der Waals surface area contributed by atoms with E-state index < -0.39 is 20.6 Å². The van der Waals surface area contributed by atoms with Crippen LogP contribution in [0.25, 0.3) is 0 Å². The average molecular weight is 310 g/mol. The van der Waals surface area contributed by atoms with Crippen LogP contribution in [-0.2, 0) is 26.4 Å². The van der Waals surface area contributed by atoms with Crippen LogP contribution in [0, 0.1) is 0 Å². The molecule has 6 heteroatoms. The third-order valence-electron chi connectivity index (χ3n) is 2.63. The summed E-state index contributed by atoms with van der Waals surface area (Å²) >= 11 is 0. The minimum absolute atomic E-state index is 0.379. The maximum atomic E-state index is 11.9.